The van der Waals surface area contributed by atoms with E-state index in [1.54, 1.807) is 31.4 Å². The van der Waals surface area contributed by atoms with E-state index in [0.717, 1.165) is 12.8 Å². The number of furan rings is 1. The summed E-state index contributed by atoms with van der Waals surface area (Å²) in [7, 11) is 0. The fourth-order valence-electron chi connectivity index (χ4n) is 3.92. The summed E-state index contributed by atoms with van der Waals surface area (Å²) < 4.78 is 5.20. The summed E-state index contributed by atoms with van der Waals surface area (Å²) in [5, 5.41) is 6.31. The third-order valence-electron chi connectivity index (χ3n) is 5.94. The minimum absolute atomic E-state index is 0.0958. The topological polar surface area (TPSA) is 84.2 Å². The van der Waals surface area contributed by atoms with Crippen molar-refractivity contribution in [2.24, 2.45) is 0 Å². The molecule has 2 aromatic rings. The maximum atomic E-state index is 12.5. The van der Waals surface area contributed by atoms with Gasteiger partial charge in [0.05, 0.1) is 16.8 Å². The molecule has 0 aliphatic rings. The number of carbonyl (C=O) groups is 2. The minimum Gasteiger partial charge on any atom is -0.465 e. The summed E-state index contributed by atoms with van der Waals surface area (Å²) in [5.74, 6) is 0.351. The van der Waals surface area contributed by atoms with Crippen molar-refractivity contribution in [1.82, 2.24) is 10.3 Å². The summed E-state index contributed by atoms with van der Waals surface area (Å²) in [5.41, 5.74) is 0.609. The number of unbranched alkanes of at least 4 members (excludes halogenated alkanes) is 12. The van der Waals surface area contributed by atoms with Crippen LogP contribution in [0.3, 0.4) is 0 Å². The number of aryl methyl sites for hydroxylation is 1. The third kappa shape index (κ3) is 12.6. The number of hydrogen-bond acceptors (Lipinski definition) is 6. The van der Waals surface area contributed by atoms with E-state index >= 15 is 0 Å². The van der Waals surface area contributed by atoms with Crippen molar-refractivity contribution in [3.05, 3.63) is 40.8 Å². The summed E-state index contributed by atoms with van der Waals surface area (Å²) in [6.07, 6.45) is 21.7. The molecule has 0 fully saturated rings. The molecule has 0 atom stereocenters. The number of thiocarbonyl (C=S) groups is 1. The Morgan fingerprint density at radius 2 is 1.61 bits per heavy atom. The lowest BCUT2D eigenvalue weighted by atomic mass is 10.0. The van der Waals surface area contributed by atoms with Crippen LogP contribution in [0.15, 0.2) is 28.9 Å². The van der Waals surface area contributed by atoms with Gasteiger partial charge < -0.3 is 15.1 Å². The van der Waals surface area contributed by atoms with E-state index < -0.39 is 0 Å². The zero-order chi connectivity index (χ0) is 26.0. The molecule has 0 aliphatic carbocycles. The molecule has 0 saturated heterocycles. The molecule has 8 heteroatoms. The maximum Gasteiger partial charge on any atom is 0.226 e. The first-order valence-corrected chi connectivity index (χ1v) is 14.6. The number of carbonyl (C=O) groups excluding carboxylic acids is 2. The average molecular weight is 532 g/mol. The summed E-state index contributed by atoms with van der Waals surface area (Å²) >= 11 is 6.45. The van der Waals surface area contributed by atoms with Crippen LogP contribution in [0, 0.1) is 6.92 Å². The minimum atomic E-state index is -0.160. The lowest BCUT2D eigenvalue weighted by Gasteiger charge is -2.07. The fraction of sp³-hybridized carbons (Fsp3) is 0.571. The summed E-state index contributed by atoms with van der Waals surface area (Å²) in [4.78, 5) is 29.5. The second kappa shape index (κ2) is 18.0. The van der Waals surface area contributed by atoms with E-state index in [2.05, 4.69) is 22.5 Å². The number of nitrogens with zero attached hydrogens (tertiary/aromatic N) is 1. The van der Waals surface area contributed by atoms with Crippen LogP contribution in [0.1, 0.15) is 118 Å². The Morgan fingerprint density at radius 3 is 2.19 bits per heavy atom. The molecule has 2 N–H and O–H groups in total. The first-order valence-electron chi connectivity index (χ1n) is 13.3. The van der Waals surface area contributed by atoms with Crippen molar-refractivity contribution < 1.29 is 14.0 Å². The molecule has 1 amide bonds. The number of ketones is 1. The van der Waals surface area contributed by atoms with Crippen molar-refractivity contribution in [3.8, 4) is 0 Å². The van der Waals surface area contributed by atoms with Gasteiger partial charge >= 0.3 is 0 Å². The third-order valence-corrected chi connectivity index (χ3v) is 7.23. The highest BCUT2D eigenvalue weighted by Crippen LogP contribution is 2.23. The van der Waals surface area contributed by atoms with Gasteiger partial charge in [0.15, 0.2) is 16.0 Å². The number of amides is 1. The molecule has 0 bridgehead atoms. The van der Waals surface area contributed by atoms with Crippen molar-refractivity contribution in [2.45, 2.75) is 104 Å². The zero-order valence-corrected chi connectivity index (χ0v) is 23.4. The molecule has 0 aromatic carbocycles. The van der Waals surface area contributed by atoms with Gasteiger partial charge in [-0.25, -0.2) is 4.98 Å². The van der Waals surface area contributed by atoms with Crippen LogP contribution in [0.25, 0.3) is 6.08 Å². The van der Waals surface area contributed by atoms with Crippen LogP contribution in [-0.4, -0.2) is 21.8 Å². The Kier molecular flexibility index (Phi) is 15.0. The van der Waals surface area contributed by atoms with E-state index in [-0.39, 0.29) is 16.8 Å². The number of aromatic nitrogens is 1. The Morgan fingerprint density at radius 1 is 1.00 bits per heavy atom. The van der Waals surface area contributed by atoms with Gasteiger partial charge in [-0.3, -0.25) is 9.59 Å². The van der Waals surface area contributed by atoms with E-state index in [1.165, 1.54) is 88.0 Å². The predicted molar refractivity (Wildman–Crippen MR) is 154 cm³/mol. The second-order valence-electron chi connectivity index (χ2n) is 9.14. The number of rotatable bonds is 18. The fourth-order valence-corrected chi connectivity index (χ4v) is 5.09. The van der Waals surface area contributed by atoms with E-state index in [1.807, 2.05) is 0 Å². The average Bonchev–Trinajstić information content (AvgIpc) is 3.50. The smallest absolute Gasteiger partial charge is 0.226 e. The SMILES string of the molecule is CCCCCCCCCCCCCCCC(=O)NC(=S)Nc1nc(C)c(C(=O)/C=C/c2ccco2)s1. The molecule has 0 aliphatic heterocycles. The zero-order valence-electron chi connectivity index (χ0n) is 21.8. The molecule has 2 heterocycles. The number of allylic oxidation sites excluding steroid dienone is 1. The van der Waals surface area contributed by atoms with Gasteiger partial charge in [-0.05, 0) is 49.8 Å². The lowest BCUT2D eigenvalue weighted by Crippen LogP contribution is -2.33. The molecule has 36 heavy (non-hydrogen) atoms. The molecule has 6 nitrogen and oxygen atoms in total. The van der Waals surface area contributed by atoms with Gasteiger partial charge in [-0.1, -0.05) is 95.3 Å². The van der Waals surface area contributed by atoms with Crippen molar-refractivity contribution in [3.63, 3.8) is 0 Å². The molecule has 0 spiro atoms. The van der Waals surface area contributed by atoms with Gasteiger partial charge in [-0.15, -0.1) is 0 Å². The first kappa shape index (κ1) is 29.9. The summed E-state index contributed by atoms with van der Waals surface area (Å²) in [6, 6.07) is 3.54. The molecule has 2 aromatic heterocycles. The van der Waals surface area contributed by atoms with Crippen LogP contribution in [-0.2, 0) is 4.79 Å². The molecule has 198 valence electrons. The Hall–Kier alpha value is -2.32. The Bertz CT molecular complexity index is 951. The monoisotopic (exact) mass is 531 g/mol. The number of nitrogens with one attached hydrogen (secondary N) is 2. The number of anilines is 1. The summed E-state index contributed by atoms with van der Waals surface area (Å²) in [6.45, 7) is 4.03. The molecule has 0 unspecified atom stereocenters. The van der Waals surface area contributed by atoms with Gasteiger partial charge in [0.25, 0.3) is 0 Å². The molecular formula is C28H41N3O3S2. The van der Waals surface area contributed by atoms with Crippen molar-refractivity contribution >= 4 is 51.6 Å². The number of hydrogen-bond donors (Lipinski definition) is 2. The largest absolute Gasteiger partial charge is 0.465 e. The van der Waals surface area contributed by atoms with Gasteiger partial charge in [0.1, 0.15) is 5.76 Å². The second-order valence-corrected chi connectivity index (χ2v) is 10.5. The lowest BCUT2D eigenvalue weighted by molar-refractivity contribution is -0.119. The van der Waals surface area contributed by atoms with E-state index in [9.17, 15) is 9.59 Å². The van der Waals surface area contributed by atoms with Crippen LogP contribution >= 0.6 is 23.6 Å². The van der Waals surface area contributed by atoms with E-state index in [0.29, 0.717) is 27.9 Å². The van der Waals surface area contributed by atoms with Crippen LogP contribution in [0.2, 0.25) is 0 Å². The van der Waals surface area contributed by atoms with Gasteiger partial charge in [0.2, 0.25) is 5.91 Å². The highest BCUT2D eigenvalue weighted by Gasteiger charge is 2.14. The molecule has 0 saturated carbocycles. The first-order chi connectivity index (χ1) is 17.5. The maximum absolute atomic E-state index is 12.5. The quantitative estimate of drug-likeness (QED) is 0.0872. The highest BCUT2D eigenvalue weighted by molar-refractivity contribution is 7.80. The Labute approximate surface area is 225 Å². The molecular weight excluding hydrogens is 490 g/mol. The van der Waals surface area contributed by atoms with Crippen LogP contribution in [0.5, 0.6) is 0 Å². The van der Waals surface area contributed by atoms with Crippen LogP contribution in [0.4, 0.5) is 5.13 Å². The van der Waals surface area contributed by atoms with Crippen LogP contribution < -0.4 is 10.6 Å². The Balaban J connectivity index is 1.54. The number of thiazole rings is 1. The standard InChI is InChI=1S/C28H41N3O3S2/c1-3-4-5-6-7-8-9-10-11-12-13-14-15-18-25(33)30-27(35)31-28-29-22(2)26(36-28)24(32)20-19-23-17-16-21-34-23/h16-17,19-21H,3-15,18H2,1-2H3,(H2,29,30,31,33,35)/b20-19+. The van der Waals surface area contributed by atoms with Crippen molar-refractivity contribution in [2.75, 3.05) is 5.32 Å². The van der Waals surface area contributed by atoms with Gasteiger partial charge in [-0.2, -0.15) is 0 Å². The normalized spacial score (nSPS) is 11.2. The van der Waals surface area contributed by atoms with Crippen molar-refractivity contribution in [1.29, 1.82) is 0 Å². The van der Waals surface area contributed by atoms with Gasteiger partial charge in [0, 0.05) is 6.42 Å². The molecule has 2 rings (SSSR count). The highest BCUT2D eigenvalue weighted by atomic mass is 32.1. The molecule has 0 radical (unpaired) electrons. The van der Waals surface area contributed by atoms with E-state index in [4.69, 9.17) is 16.6 Å². The predicted octanol–water partition coefficient (Wildman–Crippen LogP) is 8.23.